The first-order chi connectivity index (χ1) is 14.6. The number of Topliss-reactive ketones (excluding diaryl/α,β-unsaturated/α-hetero) is 1. The summed E-state index contributed by atoms with van der Waals surface area (Å²) in [6.07, 6.45) is 1.77. The smallest absolute Gasteiger partial charge is 0.296 e. The number of benzene rings is 1. The molecule has 2 aromatic heterocycles. The van der Waals surface area contributed by atoms with Gasteiger partial charge in [0.2, 0.25) is 0 Å². The molecule has 7 heteroatoms. The summed E-state index contributed by atoms with van der Waals surface area (Å²) < 4.78 is 5.65. The lowest BCUT2D eigenvalue weighted by Gasteiger charge is -2.23. The molecule has 30 heavy (non-hydrogen) atoms. The van der Waals surface area contributed by atoms with Gasteiger partial charge in [0.05, 0.1) is 18.7 Å². The average molecular weight is 438 g/mol. The quantitative estimate of drug-likeness (QED) is 0.363. The van der Waals surface area contributed by atoms with Gasteiger partial charge in [-0.2, -0.15) is 0 Å². The maximum absolute atomic E-state index is 13.0. The van der Waals surface area contributed by atoms with Crippen LogP contribution < -0.4 is 4.74 Å². The Kier molecular flexibility index (Phi) is 4.92. The van der Waals surface area contributed by atoms with Crippen LogP contribution in [0.15, 0.2) is 58.8 Å². The van der Waals surface area contributed by atoms with Gasteiger partial charge in [0, 0.05) is 15.3 Å². The number of carbonyl (C=O) groups excluding carboxylic acids is 2. The Hall–Kier alpha value is -2.90. The molecule has 1 N–H and O–H groups in total. The van der Waals surface area contributed by atoms with E-state index < -0.39 is 17.7 Å². The summed E-state index contributed by atoms with van der Waals surface area (Å²) in [5, 5.41) is 15.0. The summed E-state index contributed by atoms with van der Waals surface area (Å²) in [5.41, 5.74) is 1.69. The van der Waals surface area contributed by atoms with Gasteiger partial charge >= 0.3 is 0 Å². The number of aryl methyl sites for hydroxylation is 1. The van der Waals surface area contributed by atoms with Crippen molar-refractivity contribution in [2.45, 2.75) is 25.4 Å². The van der Waals surface area contributed by atoms with Crippen LogP contribution in [0.2, 0.25) is 0 Å². The topological polar surface area (TPSA) is 66.8 Å². The summed E-state index contributed by atoms with van der Waals surface area (Å²) in [7, 11) is 0. The third kappa shape index (κ3) is 3.24. The van der Waals surface area contributed by atoms with Crippen LogP contribution in [0.4, 0.5) is 0 Å². The fraction of sp³-hybridized carbons (Fsp3) is 0.217. The highest BCUT2D eigenvalue weighted by Gasteiger charge is 2.46. The molecule has 0 radical (unpaired) electrons. The van der Waals surface area contributed by atoms with E-state index in [1.165, 1.54) is 22.7 Å². The highest BCUT2D eigenvalue weighted by molar-refractivity contribution is 7.10. The van der Waals surface area contributed by atoms with Crippen LogP contribution in [-0.2, 0) is 22.6 Å². The summed E-state index contributed by atoms with van der Waals surface area (Å²) in [4.78, 5) is 29.4. The number of carbonyl (C=O) groups is 2. The third-order valence-electron chi connectivity index (χ3n) is 5.44. The molecule has 1 amide bonds. The molecule has 5 rings (SSSR count). The van der Waals surface area contributed by atoms with Gasteiger partial charge < -0.3 is 14.7 Å². The number of hydrogen-bond acceptors (Lipinski definition) is 6. The molecular formula is C23H19NO4S2. The number of hydrogen-bond donors (Lipinski definition) is 1. The Morgan fingerprint density at radius 3 is 2.73 bits per heavy atom. The van der Waals surface area contributed by atoms with Gasteiger partial charge in [0.1, 0.15) is 17.6 Å². The molecule has 2 aliphatic rings. The Balaban J connectivity index is 1.61. The Bertz CT molecular complexity index is 1130. The van der Waals surface area contributed by atoms with E-state index in [0.29, 0.717) is 18.7 Å². The first-order valence-electron chi connectivity index (χ1n) is 9.74. The zero-order valence-corrected chi connectivity index (χ0v) is 17.7. The zero-order chi connectivity index (χ0) is 20.7. The van der Waals surface area contributed by atoms with E-state index in [9.17, 15) is 14.7 Å². The molecule has 1 atom stereocenters. The van der Waals surface area contributed by atoms with E-state index in [2.05, 4.69) is 0 Å². The van der Waals surface area contributed by atoms with Crippen LogP contribution in [0.1, 0.15) is 33.3 Å². The van der Waals surface area contributed by atoms with Crippen molar-refractivity contribution >= 4 is 40.1 Å². The fourth-order valence-corrected chi connectivity index (χ4v) is 5.57. The number of aliphatic hydroxyl groups excluding tert-OH is 1. The normalized spacial score (nSPS) is 20.3. The van der Waals surface area contributed by atoms with Crippen molar-refractivity contribution in [3.8, 4) is 5.75 Å². The molecule has 1 unspecified atom stereocenters. The minimum atomic E-state index is -0.642. The van der Waals surface area contributed by atoms with Crippen LogP contribution in [0, 0.1) is 0 Å². The first-order valence-corrected chi connectivity index (χ1v) is 11.5. The second-order valence-corrected chi connectivity index (χ2v) is 9.31. The van der Waals surface area contributed by atoms with Gasteiger partial charge in [-0.05, 0) is 59.5 Å². The van der Waals surface area contributed by atoms with Crippen molar-refractivity contribution in [3.05, 3.63) is 79.7 Å². The summed E-state index contributed by atoms with van der Waals surface area (Å²) in [5.74, 6) is -0.541. The van der Waals surface area contributed by atoms with Gasteiger partial charge in [-0.1, -0.05) is 12.1 Å². The molecule has 2 aliphatic heterocycles. The lowest BCUT2D eigenvalue weighted by atomic mass is 9.97. The van der Waals surface area contributed by atoms with E-state index in [1.807, 2.05) is 47.2 Å². The number of amides is 1. The minimum Gasteiger partial charge on any atom is -0.507 e. The van der Waals surface area contributed by atoms with Crippen LogP contribution in [0.5, 0.6) is 5.75 Å². The maximum Gasteiger partial charge on any atom is 0.296 e. The van der Waals surface area contributed by atoms with Crippen LogP contribution >= 0.6 is 22.7 Å². The van der Waals surface area contributed by atoms with Crippen molar-refractivity contribution in [2.75, 3.05) is 6.61 Å². The van der Waals surface area contributed by atoms with Crippen molar-refractivity contribution in [1.29, 1.82) is 0 Å². The van der Waals surface area contributed by atoms with Crippen molar-refractivity contribution in [2.24, 2.45) is 0 Å². The van der Waals surface area contributed by atoms with Crippen LogP contribution in [0.25, 0.3) is 5.76 Å². The monoisotopic (exact) mass is 437 g/mol. The summed E-state index contributed by atoms with van der Waals surface area (Å²) in [6, 6.07) is 12.5. The molecular weight excluding hydrogens is 418 g/mol. The van der Waals surface area contributed by atoms with Crippen LogP contribution in [0.3, 0.4) is 0 Å². The highest BCUT2D eigenvalue weighted by Crippen LogP contribution is 2.42. The number of fused-ring (bicyclic) bond motifs is 1. The summed E-state index contributed by atoms with van der Waals surface area (Å²) >= 11 is 3.01. The SMILES string of the molecule is O=C1C(=O)N(Cc2cccs2)C(c2cccs2)/C1=C(/O)c1ccc2c(c1)CCCO2. The predicted octanol–water partition coefficient (Wildman–Crippen LogP) is 4.76. The number of nitrogens with zero attached hydrogens (tertiary/aromatic N) is 1. The largest absolute Gasteiger partial charge is 0.507 e. The first kappa shape index (κ1) is 19.1. The molecule has 1 aromatic carbocycles. The van der Waals surface area contributed by atoms with Crippen molar-refractivity contribution in [3.63, 3.8) is 0 Å². The fourth-order valence-electron chi connectivity index (χ4n) is 4.02. The molecule has 0 saturated carbocycles. The molecule has 0 aliphatic carbocycles. The Labute approximate surface area is 181 Å². The maximum atomic E-state index is 13.0. The van der Waals surface area contributed by atoms with E-state index >= 15 is 0 Å². The molecule has 5 nitrogen and oxygen atoms in total. The zero-order valence-electron chi connectivity index (χ0n) is 16.0. The van der Waals surface area contributed by atoms with Crippen molar-refractivity contribution < 1.29 is 19.4 Å². The number of rotatable bonds is 4. The number of ether oxygens (including phenoxy) is 1. The molecule has 1 fully saturated rings. The molecule has 4 heterocycles. The second kappa shape index (κ2) is 7.74. The Morgan fingerprint density at radius 2 is 1.97 bits per heavy atom. The van der Waals surface area contributed by atoms with Gasteiger partial charge in [0.15, 0.2) is 0 Å². The molecule has 0 spiro atoms. The number of ketones is 1. The van der Waals surface area contributed by atoms with E-state index in [1.54, 1.807) is 11.0 Å². The molecule has 1 saturated heterocycles. The van der Waals surface area contributed by atoms with E-state index in [4.69, 9.17) is 4.74 Å². The lowest BCUT2D eigenvalue weighted by molar-refractivity contribution is -0.140. The standard InChI is InChI=1S/C23H19NO4S2/c25-21(15-7-8-17-14(12-15)4-1-9-28-17)19-20(18-6-3-11-30-18)24(23(27)22(19)26)13-16-5-2-10-29-16/h2-3,5-8,10-12,20,25H,1,4,9,13H2/b21-19-. The third-order valence-corrected chi connectivity index (χ3v) is 7.23. The Morgan fingerprint density at radius 1 is 1.13 bits per heavy atom. The minimum absolute atomic E-state index is 0.131. The van der Waals surface area contributed by atoms with E-state index in [0.717, 1.165) is 33.9 Å². The molecule has 152 valence electrons. The van der Waals surface area contributed by atoms with Gasteiger partial charge in [0.25, 0.3) is 11.7 Å². The van der Waals surface area contributed by atoms with Gasteiger partial charge in [-0.25, -0.2) is 0 Å². The number of thiophene rings is 2. The molecule has 0 bridgehead atoms. The van der Waals surface area contributed by atoms with Crippen molar-refractivity contribution in [1.82, 2.24) is 4.90 Å². The number of aliphatic hydroxyl groups is 1. The summed E-state index contributed by atoms with van der Waals surface area (Å²) in [6.45, 7) is 1.02. The number of likely N-dealkylation sites (tertiary alicyclic amines) is 1. The predicted molar refractivity (Wildman–Crippen MR) is 117 cm³/mol. The molecule has 3 aromatic rings. The second-order valence-electron chi connectivity index (χ2n) is 7.30. The average Bonchev–Trinajstić information content (AvgIpc) is 3.52. The highest BCUT2D eigenvalue weighted by atomic mass is 32.1. The lowest BCUT2D eigenvalue weighted by Crippen LogP contribution is -2.28. The van der Waals surface area contributed by atoms with Crippen LogP contribution in [-0.4, -0.2) is 28.3 Å². The van der Waals surface area contributed by atoms with E-state index in [-0.39, 0.29) is 11.3 Å². The van der Waals surface area contributed by atoms with Gasteiger partial charge in [-0.3, -0.25) is 9.59 Å². The van der Waals surface area contributed by atoms with Gasteiger partial charge in [-0.15, -0.1) is 22.7 Å².